The predicted octanol–water partition coefficient (Wildman–Crippen LogP) is 3.79. The van der Waals surface area contributed by atoms with Crippen LogP contribution in [0.3, 0.4) is 0 Å². The van der Waals surface area contributed by atoms with E-state index in [1.807, 2.05) is 60.7 Å². The summed E-state index contributed by atoms with van der Waals surface area (Å²) < 4.78 is 10.8. The van der Waals surface area contributed by atoms with Crippen molar-refractivity contribution in [3.05, 3.63) is 95.6 Å². The highest BCUT2D eigenvalue weighted by Gasteiger charge is 2.26. The number of nitrogens with one attached hydrogen (secondary N) is 1. The summed E-state index contributed by atoms with van der Waals surface area (Å²) >= 11 is 0. The molecule has 7 nitrogen and oxygen atoms in total. The third kappa shape index (κ3) is 5.57. The smallest absolute Gasteiger partial charge is 0.339 e. The first kappa shape index (κ1) is 22.1. The molecule has 1 aliphatic heterocycles. The van der Waals surface area contributed by atoms with Gasteiger partial charge in [-0.2, -0.15) is 0 Å². The standard InChI is InChI=1S/C26H24N2O5/c1-18(33-26(31)21-12-13-22-23(14-21)32-17-24(29)27-22)25(30)28(15-19-8-4-2-5-9-19)16-20-10-6-3-7-11-20/h2-14,18H,15-17H2,1H3,(H,27,29)/t18-/m0/s1. The van der Waals surface area contributed by atoms with Gasteiger partial charge in [0.1, 0.15) is 5.75 Å². The van der Waals surface area contributed by atoms with Gasteiger partial charge < -0.3 is 19.7 Å². The molecular formula is C26H24N2O5. The van der Waals surface area contributed by atoms with Crippen LogP contribution in [-0.4, -0.2) is 35.4 Å². The summed E-state index contributed by atoms with van der Waals surface area (Å²) in [4.78, 5) is 39.1. The average Bonchev–Trinajstić information content (AvgIpc) is 2.84. The van der Waals surface area contributed by atoms with Crippen molar-refractivity contribution in [1.29, 1.82) is 0 Å². The van der Waals surface area contributed by atoms with Gasteiger partial charge in [0.2, 0.25) is 0 Å². The average molecular weight is 444 g/mol. The number of amides is 2. The molecule has 3 aromatic rings. The van der Waals surface area contributed by atoms with Crippen LogP contribution in [0.1, 0.15) is 28.4 Å². The molecule has 0 unspecified atom stereocenters. The van der Waals surface area contributed by atoms with E-state index < -0.39 is 12.1 Å². The Labute approximate surface area is 191 Å². The highest BCUT2D eigenvalue weighted by molar-refractivity contribution is 5.98. The van der Waals surface area contributed by atoms with E-state index in [9.17, 15) is 14.4 Å². The van der Waals surface area contributed by atoms with E-state index in [1.54, 1.807) is 17.9 Å². The van der Waals surface area contributed by atoms with E-state index in [0.29, 0.717) is 24.5 Å². The quantitative estimate of drug-likeness (QED) is 0.561. The second kappa shape index (κ2) is 9.99. The third-order valence-electron chi connectivity index (χ3n) is 5.23. The van der Waals surface area contributed by atoms with Crippen molar-refractivity contribution in [2.24, 2.45) is 0 Å². The molecule has 1 atom stereocenters. The molecule has 33 heavy (non-hydrogen) atoms. The Bertz CT molecular complexity index is 1110. The number of benzene rings is 3. The Hall–Kier alpha value is -4.13. The number of esters is 1. The molecule has 0 aliphatic carbocycles. The van der Waals surface area contributed by atoms with Gasteiger partial charge in [0.25, 0.3) is 11.8 Å². The van der Waals surface area contributed by atoms with Crippen LogP contribution in [0, 0.1) is 0 Å². The van der Waals surface area contributed by atoms with Crippen LogP contribution < -0.4 is 10.1 Å². The molecule has 1 N–H and O–H groups in total. The Morgan fingerprint density at radius 3 is 2.18 bits per heavy atom. The molecule has 3 aromatic carbocycles. The number of carbonyl (C=O) groups excluding carboxylic acids is 3. The summed E-state index contributed by atoms with van der Waals surface area (Å²) in [6.45, 7) is 2.23. The molecule has 0 saturated heterocycles. The molecule has 7 heteroatoms. The van der Waals surface area contributed by atoms with Crippen LogP contribution in [0.15, 0.2) is 78.9 Å². The highest BCUT2D eigenvalue weighted by Crippen LogP contribution is 2.29. The van der Waals surface area contributed by atoms with Crippen LogP contribution in [-0.2, 0) is 27.4 Å². The predicted molar refractivity (Wildman–Crippen MR) is 123 cm³/mol. The van der Waals surface area contributed by atoms with Crippen LogP contribution >= 0.6 is 0 Å². The Kier molecular flexibility index (Phi) is 6.69. The summed E-state index contributed by atoms with van der Waals surface area (Å²) in [7, 11) is 0. The number of nitrogens with zero attached hydrogens (tertiary/aromatic N) is 1. The van der Waals surface area contributed by atoms with Crippen molar-refractivity contribution in [1.82, 2.24) is 4.90 Å². The molecule has 0 spiro atoms. The third-order valence-corrected chi connectivity index (χ3v) is 5.23. The van der Waals surface area contributed by atoms with Gasteiger partial charge in [-0.25, -0.2) is 4.79 Å². The number of carbonyl (C=O) groups is 3. The molecule has 0 bridgehead atoms. The molecule has 0 fully saturated rings. The molecule has 1 heterocycles. The van der Waals surface area contributed by atoms with Gasteiger partial charge >= 0.3 is 5.97 Å². The van der Waals surface area contributed by atoms with Gasteiger partial charge in [-0.05, 0) is 36.2 Å². The Morgan fingerprint density at radius 2 is 1.58 bits per heavy atom. The lowest BCUT2D eigenvalue weighted by molar-refractivity contribution is -0.141. The van der Waals surface area contributed by atoms with Gasteiger partial charge in [-0.15, -0.1) is 0 Å². The Balaban J connectivity index is 1.47. The molecular weight excluding hydrogens is 420 g/mol. The Morgan fingerprint density at radius 1 is 0.970 bits per heavy atom. The number of anilines is 1. The maximum atomic E-state index is 13.3. The van der Waals surface area contributed by atoms with E-state index >= 15 is 0 Å². The number of fused-ring (bicyclic) bond motifs is 1. The lowest BCUT2D eigenvalue weighted by Gasteiger charge is -2.26. The van der Waals surface area contributed by atoms with E-state index in [4.69, 9.17) is 9.47 Å². The second-order valence-electron chi connectivity index (χ2n) is 7.76. The topological polar surface area (TPSA) is 84.9 Å². The van der Waals surface area contributed by atoms with Gasteiger partial charge in [-0.3, -0.25) is 9.59 Å². The summed E-state index contributed by atoms with van der Waals surface area (Å²) in [6.07, 6.45) is -0.985. The number of rotatable bonds is 7. The summed E-state index contributed by atoms with van der Waals surface area (Å²) in [5.41, 5.74) is 2.69. The summed E-state index contributed by atoms with van der Waals surface area (Å²) in [6, 6.07) is 23.9. The maximum Gasteiger partial charge on any atom is 0.339 e. The maximum absolute atomic E-state index is 13.3. The lowest BCUT2D eigenvalue weighted by Crippen LogP contribution is -2.39. The van der Waals surface area contributed by atoms with Crippen LogP contribution in [0.5, 0.6) is 5.75 Å². The van der Waals surface area contributed by atoms with E-state index in [1.165, 1.54) is 12.1 Å². The first-order chi connectivity index (χ1) is 16.0. The molecule has 2 amide bonds. The molecule has 0 radical (unpaired) electrons. The number of hydrogen-bond acceptors (Lipinski definition) is 5. The molecule has 0 saturated carbocycles. The SMILES string of the molecule is C[C@H](OC(=O)c1ccc2c(c1)OCC(=O)N2)C(=O)N(Cc1ccccc1)Cc1ccccc1. The molecule has 1 aliphatic rings. The fourth-order valence-electron chi connectivity index (χ4n) is 3.56. The van der Waals surface area contributed by atoms with Crippen LogP contribution in [0.25, 0.3) is 0 Å². The molecule has 0 aromatic heterocycles. The normalized spacial score (nSPS) is 13.2. The first-order valence-corrected chi connectivity index (χ1v) is 10.6. The zero-order valence-electron chi connectivity index (χ0n) is 18.2. The zero-order valence-corrected chi connectivity index (χ0v) is 18.2. The summed E-state index contributed by atoms with van der Waals surface area (Å²) in [5, 5.41) is 2.67. The minimum absolute atomic E-state index is 0.117. The van der Waals surface area contributed by atoms with Gasteiger partial charge in [0.05, 0.1) is 11.3 Å². The minimum atomic E-state index is -0.985. The van der Waals surface area contributed by atoms with Crippen molar-refractivity contribution < 1.29 is 23.9 Å². The minimum Gasteiger partial charge on any atom is -0.482 e. The van der Waals surface area contributed by atoms with Crippen molar-refractivity contribution in [2.45, 2.75) is 26.1 Å². The van der Waals surface area contributed by atoms with Crippen molar-refractivity contribution in [3.63, 3.8) is 0 Å². The highest BCUT2D eigenvalue weighted by atomic mass is 16.5. The van der Waals surface area contributed by atoms with Crippen molar-refractivity contribution in [2.75, 3.05) is 11.9 Å². The fourth-order valence-corrected chi connectivity index (χ4v) is 3.56. The number of hydrogen-bond donors (Lipinski definition) is 1. The first-order valence-electron chi connectivity index (χ1n) is 10.6. The van der Waals surface area contributed by atoms with Gasteiger partial charge in [0, 0.05) is 13.1 Å². The van der Waals surface area contributed by atoms with E-state index in [2.05, 4.69) is 5.32 Å². The molecule has 4 rings (SSSR count). The number of ether oxygens (including phenoxy) is 2. The van der Waals surface area contributed by atoms with E-state index in [-0.39, 0.29) is 24.0 Å². The fraction of sp³-hybridized carbons (Fsp3) is 0.192. The largest absolute Gasteiger partial charge is 0.482 e. The monoisotopic (exact) mass is 444 g/mol. The lowest BCUT2D eigenvalue weighted by atomic mass is 10.1. The zero-order chi connectivity index (χ0) is 23.2. The van der Waals surface area contributed by atoms with Crippen LogP contribution in [0.4, 0.5) is 5.69 Å². The van der Waals surface area contributed by atoms with Gasteiger partial charge in [0.15, 0.2) is 12.7 Å². The molecule has 168 valence electrons. The van der Waals surface area contributed by atoms with Gasteiger partial charge in [-0.1, -0.05) is 60.7 Å². The van der Waals surface area contributed by atoms with Crippen molar-refractivity contribution in [3.8, 4) is 5.75 Å². The van der Waals surface area contributed by atoms with E-state index in [0.717, 1.165) is 11.1 Å². The van der Waals surface area contributed by atoms with Crippen LogP contribution in [0.2, 0.25) is 0 Å². The summed E-state index contributed by atoms with van der Waals surface area (Å²) in [5.74, 6) is -0.803. The van der Waals surface area contributed by atoms with Crippen molar-refractivity contribution >= 4 is 23.5 Å². The second-order valence-corrected chi connectivity index (χ2v) is 7.76.